The van der Waals surface area contributed by atoms with Crippen LogP contribution in [0.5, 0.6) is 0 Å². The Hall–Kier alpha value is -0.940. The number of nitrogens with zero attached hydrogens (tertiary/aromatic N) is 2. The number of thioether (sulfide) groups is 1. The number of nitrogens with one attached hydrogen (secondary N) is 1. The zero-order valence-electron chi connectivity index (χ0n) is 11.3. The van der Waals surface area contributed by atoms with E-state index in [0.717, 1.165) is 12.3 Å². The number of hydrogen-bond donors (Lipinski definition) is 1. The van der Waals surface area contributed by atoms with Gasteiger partial charge in [0, 0.05) is 36.8 Å². The van der Waals surface area contributed by atoms with Gasteiger partial charge in [-0.1, -0.05) is 18.5 Å². The molecule has 1 aliphatic heterocycles. The van der Waals surface area contributed by atoms with Crippen LogP contribution in [-0.2, 0) is 0 Å². The van der Waals surface area contributed by atoms with Crippen LogP contribution in [0.25, 0.3) is 0 Å². The smallest absolute Gasteiger partial charge is 0.255 e. The van der Waals surface area contributed by atoms with E-state index in [1.165, 1.54) is 0 Å². The highest BCUT2D eigenvalue weighted by molar-refractivity contribution is 8.00. The van der Waals surface area contributed by atoms with Gasteiger partial charge in [-0.2, -0.15) is 11.8 Å². The van der Waals surface area contributed by atoms with E-state index < -0.39 is 0 Å². The number of amides is 1. The standard InChI is InChI=1S/C13H18ClN3OS/c1-8-9(2)19-5-4-17(8)13(18)10-6-11(14)12(15-3)16-7-10/h6-9H,4-5H2,1-3H3,(H,15,16). The van der Waals surface area contributed by atoms with E-state index in [2.05, 4.69) is 24.1 Å². The first-order valence-corrected chi connectivity index (χ1v) is 7.73. The summed E-state index contributed by atoms with van der Waals surface area (Å²) in [6.45, 7) is 5.02. The summed E-state index contributed by atoms with van der Waals surface area (Å²) in [7, 11) is 1.75. The normalized spacial score (nSPS) is 23.3. The Morgan fingerprint density at radius 3 is 2.95 bits per heavy atom. The van der Waals surface area contributed by atoms with Crippen LogP contribution in [0.2, 0.25) is 5.02 Å². The average Bonchev–Trinajstić information content (AvgIpc) is 2.41. The molecule has 19 heavy (non-hydrogen) atoms. The highest BCUT2D eigenvalue weighted by atomic mass is 35.5. The quantitative estimate of drug-likeness (QED) is 0.912. The number of halogens is 1. The lowest BCUT2D eigenvalue weighted by Crippen LogP contribution is -2.48. The highest BCUT2D eigenvalue weighted by Crippen LogP contribution is 2.27. The predicted molar refractivity (Wildman–Crippen MR) is 81.2 cm³/mol. The fourth-order valence-corrected chi connectivity index (χ4v) is 3.48. The summed E-state index contributed by atoms with van der Waals surface area (Å²) >= 11 is 7.98. The first kappa shape index (κ1) is 14.5. The number of aromatic nitrogens is 1. The maximum absolute atomic E-state index is 12.5. The van der Waals surface area contributed by atoms with Crippen LogP contribution < -0.4 is 5.32 Å². The van der Waals surface area contributed by atoms with Gasteiger partial charge in [0.1, 0.15) is 5.82 Å². The van der Waals surface area contributed by atoms with Gasteiger partial charge in [0.05, 0.1) is 10.6 Å². The molecule has 1 aromatic rings. The molecule has 0 aliphatic carbocycles. The SMILES string of the molecule is CNc1ncc(C(=O)N2CCSC(C)C2C)cc1Cl. The fraction of sp³-hybridized carbons (Fsp3) is 0.538. The molecule has 2 heterocycles. The number of anilines is 1. The summed E-state index contributed by atoms with van der Waals surface area (Å²) in [4.78, 5) is 18.6. The van der Waals surface area contributed by atoms with Crippen molar-refractivity contribution in [3.8, 4) is 0 Å². The lowest BCUT2D eigenvalue weighted by Gasteiger charge is -2.37. The second-order valence-electron chi connectivity index (χ2n) is 4.62. The van der Waals surface area contributed by atoms with Gasteiger partial charge >= 0.3 is 0 Å². The second-order valence-corrected chi connectivity index (χ2v) is 6.51. The Balaban J connectivity index is 2.21. The van der Waals surface area contributed by atoms with E-state index in [4.69, 9.17) is 11.6 Å². The van der Waals surface area contributed by atoms with E-state index in [1.54, 1.807) is 19.3 Å². The molecule has 1 amide bonds. The first-order chi connectivity index (χ1) is 9.04. The van der Waals surface area contributed by atoms with Gasteiger partial charge in [-0.05, 0) is 13.0 Å². The Kier molecular flexibility index (Phi) is 4.58. The third kappa shape index (κ3) is 2.98. The number of carbonyl (C=O) groups is 1. The summed E-state index contributed by atoms with van der Waals surface area (Å²) in [5.74, 6) is 1.58. The summed E-state index contributed by atoms with van der Waals surface area (Å²) < 4.78 is 0. The maximum Gasteiger partial charge on any atom is 0.255 e. The first-order valence-electron chi connectivity index (χ1n) is 6.30. The number of carbonyl (C=O) groups excluding carboxylic acids is 1. The minimum absolute atomic E-state index is 0.0108. The van der Waals surface area contributed by atoms with Crippen LogP contribution in [0.4, 0.5) is 5.82 Å². The topological polar surface area (TPSA) is 45.2 Å². The van der Waals surface area contributed by atoms with Gasteiger partial charge in [-0.25, -0.2) is 4.98 Å². The van der Waals surface area contributed by atoms with Crippen molar-refractivity contribution < 1.29 is 4.79 Å². The minimum atomic E-state index is 0.0108. The Morgan fingerprint density at radius 1 is 1.58 bits per heavy atom. The van der Waals surface area contributed by atoms with Crippen LogP contribution in [0.3, 0.4) is 0 Å². The van der Waals surface area contributed by atoms with E-state index in [9.17, 15) is 4.79 Å². The summed E-state index contributed by atoms with van der Waals surface area (Å²) in [6.07, 6.45) is 1.58. The van der Waals surface area contributed by atoms with Crippen molar-refractivity contribution in [3.05, 3.63) is 22.8 Å². The molecule has 0 aromatic carbocycles. The second kappa shape index (κ2) is 6.01. The number of hydrogen-bond acceptors (Lipinski definition) is 4. The van der Waals surface area contributed by atoms with E-state index in [0.29, 0.717) is 21.7 Å². The number of pyridine rings is 1. The largest absolute Gasteiger partial charge is 0.372 e. The lowest BCUT2D eigenvalue weighted by molar-refractivity contribution is 0.0698. The zero-order chi connectivity index (χ0) is 14.0. The van der Waals surface area contributed by atoms with Crippen molar-refractivity contribution in [2.75, 3.05) is 24.7 Å². The molecule has 1 N–H and O–H groups in total. The summed E-state index contributed by atoms with van der Waals surface area (Å²) in [5, 5.41) is 3.81. The Bertz CT molecular complexity index is 483. The highest BCUT2D eigenvalue weighted by Gasteiger charge is 2.29. The molecule has 0 spiro atoms. The third-order valence-electron chi connectivity index (χ3n) is 3.47. The molecule has 2 unspecified atom stereocenters. The van der Waals surface area contributed by atoms with Crippen LogP contribution >= 0.6 is 23.4 Å². The molecule has 0 bridgehead atoms. The van der Waals surface area contributed by atoms with Crippen LogP contribution in [0, 0.1) is 0 Å². The molecule has 2 rings (SSSR count). The summed E-state index contributed by atoms with van der Waals surface area (Å²) in [5.41, 5.74) is 0.551. The molecule has 0 radical (unpaired) electrons. The average molecular weight is 300 g/mol. The van der Waals surface area contributed by atoms with Crippen LogP contribution in [0.1, 0.15) is 24.2 Å². The molecular weight excluding hydrogens is 282 g/mol. The summed E-state index contributed by atoms with van der Waals surface area (Å²) in [6, 6.07) is 1.91. The van der Waals surface area contributed by atoms with Gasteiger partial charge in [0.2, 0.25) is 0 Å². The predicted octanol–water partition coefficient (Wildman–Crippen LogP) is 2.74. The van der Waals surface area contributed by atoms with Gasteiger partial charge in [-0.15, -0.1) is 0 Å². The van der Waals surface area contributed by atoms with Crippen molar-refractivity contribution in [2.45, 2.75) is 25.1 Å². The molecule has 2 atom stereocenters. The van der Waals surface area contributed by atoms with E-state index in [1.807, 2.05) is 16.7 Å². The fourth-order valence-electron chi connectivity index (χ4n) is 2.12. The van der Waals surface area contributed by atoms with Crippen molar-refractivity contribution in [2.24, 2.45) is 0 Å². The third-order valence-corrected chi connectivity index (χ3v) is 5.10. The lowest BCUT2D eigenvalue weighted by atomic mass is 10.1. The molecule has 1 aliphatic rings. The van der Waals surface area contributed by atoms with Gasteiger partial charge in [-0.3, -0.25) is 4.79 Å². The maximum atomic E-state index is 12.5. The monoisotopic (exact) mass is 299 g/mol. The molecule has 4 nitrogen and oxygen atoms in total. The molecule has 1 fully saturated rings. The molecular formula is C13H18ClN3OS. The molecule has 1 saturated heterocycles. The van der Waals surface area contributed by atoms with Gasteiger partial charge < -0.3 is 10.2 Å². The van der Waals surface area contributed by atoms with Gasteiger partial charge in [0.15, 0.2) is 0 Å². The van der Waals surface area contributed by atoms with E-state index >= 15 is 0 Å². The van der Waals surface area contributed by atoms with Crippen molar-refractivity contribution >= 4 is 35.1 Å². The Labute approximate surface area is 122 Å². The van der Waals surface area contributed by atoms with Crippen LogP contribution in [-0.4, -0.2) is 46.4 Å². The number of rotatable bonds is 2. The Morgan fingerprint density at radius 2 is 2.32 bits per heavy atom. The molecule has 0 saturated carbocycles. The van der Waals surface area contributed by atoms with Gasteiger partial charge in [0.25, 0.3) is 5.91 Å². The van der Waals surface area contributed by atoms with E-state index in [-0.39, 0.29) is 11.9 Å². The van der Waals surface area contributed by atoms with Crippen LogP contribution in [0.15, 0.2) is 12.3 Å². The minimum Gasteiger partial charge on any atom is -0.372 e. The molecule has 6 heteroatoms. The van der Waals surface area contributed by atoms with Crippen molar-refractivity contribution in [1.29, 1.82) is 0 Å². The van der Waals surface area contributed by atoms with Crippen molar-refractivity contribution in [3.63, 3.8) is 0 Å². The molecule has 1 aromatic heterocycles. The zero-order valence-corrected chi connectivity index (χ0v) is 12.9. The van der Waals surface area contributed by atoms with Crippen molar-refractivity contribution in [1.82, 2.24) is 9.88 Å². The molecule has 104 valence electrons.